The molecule has 0 spiro atoms. The molecule has 1 aromatic heterocycles. The van der Waals surface area contributed by atoms with Crippen LogP contribution in [0.3, 0.4) is 0 Å². The fourth-order valence-corrected chi connectivity index (χ4v) is 2.99. The standard InChI is InChI=1S/C19H26N6O2/c1-24(2)17-21-15(22-18(23-17)25(3)4)12-20-16(26)19(10-11-19)13-8-6-7-9-14(13)27-5/h6-9H,10-12H2,1-5H3,(H,20,26). The molecule has 3 rings (SSSR count). The van der Waals surface area contributed by atoms with Crippen LogP contribution < -0.4 is 19.9 Å². The Balaban J connectivity index is 1.78. The number of para-hydroxylation sites is 1. The SMILES string of the molecule is COc1ccccc1C1(C(=O)NCc2nc(N(C)C)nc(N(C)C)n2)CC1. The molecule has 0 saturated heterocycles. The average molecular weight is 370 g/mol. The van der Waals surface area contributed by atoms with E-state index in [9.17, 15) is 4.79 Å². The molecule has 0 atom stereocenters. The van der Waals surface area contributed by atoms with Crippen LogP contribution in [0, 0.1) is 0 Å². The molecule has 0 bridgehead atoms. The summed E-state index contributed by atoms with van der Waals surface area (Å²) >= 11 is 0. The van der Waals surface area contributed by atoms with Gasteiger partial charge in [-0.3, -0.25) is 4.79 Å². The second kappa shape index (κ2) is 7.38. The van der Waals surface area contributed by atoms with Gasteiger partial charge in [0.05, 0.1) is 19.1 Å². The molecule has 0 unspecified atom stereocenters. The quantitative estimate of drug-likeness (QED) is 0.788. The van der Waals surface area contributed by atoms with Gasteiger partial charge in [-0.1, -0.05) is 18.2 Å². The van der Waals surface area contributed by atoms with E-state index < -0.39 is 5.41 Å². The zero-order chi connectivity index (χ0) is 19.6. The minimum Gasteiger partial charge on any atom is -0.496 e. The van der Waals surface area contributed by atoms with Crippen molar-refractivity contribution in [1.29, 1.82) is 0 Å². The van der Waals surface area contributed by atoms with E-state index in [-0.39, 0.29) is 12.5 Å². The van der Waals surface area contributed by atoms with Gasteiger partial charge in [0.25, 0.3) is 0 Å². The lowest BCUT2D eigenvalue weighted by atomic mass is 9.94. The molecule has 27 heavy (non-hydrogen) atoms. The number of nitrogens with one attached hydrogen (secondary N) is 1. The zero-order valence-electron chi connectivity index (χ0n) is 16.5. The van der Waals surface area contributed by atoms with Gasteiger partial charge in [-0.25, -0.2) is 0 Å². The first-order valence-electron chi connectivity index (χ1n) is 8.89. The summed E-state index contributed by atoms with van der Waals surface area (Å²) < 4.78 is 5.44. The minimum atomic E-state index is -0.519. The Labute approximate surface area is 159 Å². The molecule has 8 heteroatoms. The number of hydrogen-bond acceptors (Lipinski definition) is 7. The lowest BCUT2D eigenvalue weighted by Crippen LogP contribution is -2.35. The summed E-state index contributed by atoms with van der Waals surface area (Å²) in [6, 6.07) is 7.70. The first kappa shape index (κ1) is 18.9. The van der Waals surface area contributed by atoms with Crippen LogP contribution in [0.15, 0.2) is 24.3 Å². The van der Waals surface area contributed by atoms with Crippen LogP contribution >= 0.6 is 0 Å². The summed E-state index contributed by atoms with van der Waals surface area (Å²) in [5, 5.41) is 3.00. The van der Waals surface area contributed by atoms with Gasteiger partial charge in [0.2, 0.25) is 17.8 Å². The number of carbonyl (C=O) groups excluding carboxylic acids is 1. The Bertz CT molecular complexity index is 806. The molecule has 8 nitrogen and oxygen atoms in total. The molecule has 0 aliphatic heterocycles. The second-order valence-corrected chi connectivity index (χ2v) is 7.11. The van der Waals surface area contributed by atoms with Crippen molar-refractivity contribution in [2.45, 2.75) is 24.8 Å². The number of benzene rings is 1. The number of nitrogens with zero attached hydrogens (tertiary/aromatic N) is 5. The number of rotatable bonds is 7. The summed E-state index contributed by atoms with van der Waals surface area (Å²) in [4.78, 5) is 29.8. The Morgan fingerprint density at radius 1 is 1.07 bits per heavy atom. The third-order valence-corrected chi connectivity index (χ3v) is 4.67. The summed E-state index contributed by atoms with van der Waals surface area (Å²) in [7, 11) is 9.12. The number of aromatic nitrogens is 3. The van der Waals surface area contributed by atoms with Crippen molar-refractivity contribution < 1.29 is 9.53 Å². The van der Waals surface area contributed by atoms with Crippen molar-refractivity contribution in [3.05, 3.63) is 35.7 Å². The molecule has 1 aliphatic rings. The van der Waals surface area contributed by atoms with Crippen molar-refractivity contribution in [1.82, 2.24) is 20.3 Å². The number of carbonyl (C=O) groups is 1. The smallest absolute Gasteiger partial charge is 0.231 e. The molecule has 1 aromatic carbocycles. The Morgan fingerprint density at radius 3 is 2.19 bits per heavy atom. The minimum absolute atomic E-state index is 0.0229. The number of anilines is 2. The summed E-state index contributed by atoms with van der Waals surface area (Å²) in [5.41, 5.74) is 0.414. The van der Waals surface area contributed by atoms with Gasteiger partial charge in [-0.2, -0.15) is 15.0 Å². The molecule has 1 saturated carbocycles. The van der Waals surface area contributed by atoms with Crippen LogP contribution in [0.25, 0.3) is 0 Å². The zero-order valence-corrected chi connectivity index (χ0v) is 16.5. The van der Waals surface area contributed by atoms with E-state index in [1.807, 2.05) is 62.3 Å². The number of amides is 1. The highest BCUT2D eigenvalue weighted by Gasteiger charge is 2.52. The fourth-order valence-electron chi connectivity index (χ4n) is 2.99. The molecule has 144 valence electrons. The van der Waals surface area contributed by atoms with Gasteiger partial charge in [-0.15, -0.1) is 0 Å². The predicted molar refractivity (Wildman–Crippen MR) is 104 cm³/mol. The molecule has 1 heterocycles. The molecular weight excluding hydrogens is 344 g/mol. The molecule has 1 N–H and O–H groups in total. The molecule has 2 aromatic rings. The number of ether oxygens (including phenoxy) is 1. The topological polar surface area (TPSA) is 83.5 Å². The van der Waals surface area contributed by atoms with E-state index in [1.165, 1.54) is 0 Å². The lowest BCUT2D eigenvalue weighted by Gasteiger charge is -2.19. The summed E-state index contributed by atoms with van der Waals surface area (Å²) in [5.74, 6) is 2.37. The van der Waals surface area contributed by atoms with Gasteiger partial charge in [-0.05, 0) is 18.9 Å². The first-order chi connectivity index (χ1) is 12.9. The second-order valence-electron chi connectivity index (χ2n) is 7.11. The fraction of sp³-hybridized carbons (Fsp3) is 0.474. The van der Waals surface area contributed by atoms with E-state index in [0.29, 0.717) is 17.7 Å². The van der Waals surface area contributed by atoms with E-state index in [1.54, 1.807) is 7.11 Å². The lowest BCUT2D eigenvalue weighted by molar-refractivity contribution is -0.123. The van der Waals surface area contributed by atoms with Gasteiger partial charge < -0.3 is 19.9 Å². The number of hydrogen-bond donors (Lipinski definition) is 1. The number of methoxy groups -OCH3 is 1. The van der Waals surface area contributed by atoms with E-state index >= 15 is 0 Å². The monoisotopic (exact) mass is 370 g/mol. The van der Waals surface area contributed by atoms with E-state index in [0.717, 1.165) is 24.2 Å². The van der Waals surface area contributed by atoms with E-state index in [4.69, 9.17) is 4.74 Å². The third-order valence-electron chi connectivity index (χ3n) is 4.67. The highest BCUT2D eigenvalue weighted by molar-refractivity contribution is 5.92. The molecule has 1 fully saturated rings. The molecule has 1 aliphatic carbocycles. The summed E-state index contributed by atoms with van der Waals surface area (Å²) in [6.07, 6.45) is 1.62. The molecular formula is C19H26N6O2. The van der Waals surface area contributed by atoms with Crippen LogP contribution in [0.1, 0.15) is 24.2 Å². The van der Waals surface area contributed by atoms with Crippen LogP contribution in [-0.4, -0.2) is 56.2 Å². The molecule has 0 radical (unpaired) electrons. The maximum atomic E-state index is 12.9. The van der Waals surface area contributed by atoms with Crippen molar-refractivity contribution in [3.8, 4) is 5.75 Å². The summed E-state index contributed by atoms with van der Waals surface area (Å²) in [6.45, 7) is 0.250. The Kier molecular flexibility index (Phi) is 5.16. The van der Waals surface area contributed by atoms with Crippen LogP contribution in [0.5, 0.6) is 5.75 Å². The maximum absolute atomic E-state index is 12.9. The third kappa shape index (κ3) is 3.79. The van der Waals surface area contributed by atoms with Crippen molar-refractivity contribution in [3.63, 3.8) is 0 Å². The average Bonchev–Trinajstić information content (AvgIpc) is 3.47. The van der Waals surface area contributed by atoms with Gasteiger partial charge in [0.15, 0.2) is 5.82 Å². The van der Waals surface area contributed by atoms with Gasteiger partial charge in [0.1, 0.15) is 5.75 Å². The largest absolute Gasteiger partial charge is 0.496 e. The van der Waals surface area contributed by atoms with E-state index in [2.05, 4.69) is 20.3 Å². The Hall–Kier alpha value is -2.90. The normalized spacial score (nSPS) is 14.4. The molecule has 1 amide bonds. The predicted octanol–water partition coefficient (Wildman–Crippen LogP) is 1.36. The van der Waals surface area contributed by atoms with Gasteiger partial charge in [0, 0.05) is 33.8 Å². The van der Waals surface area contributed by atoms with Crippen LogP contribution in [0.4, 0.5) is 11.9 Å². The van der Waals surface area contributed by atoms with Crippen LogP contribution in [-0.2, 0) is 16.8 Å². The van der Waals surface area contributed by atoms with Crippen molar-refractivity contribution in [2.75, 3.05) is 45.1 Å². The van der Waals surface area contributed by atoms with Crippen LogP contribution in [0.2, 0.25) is 0 Å². The first-order valence-corrected chi connectivity index (χ1v) is 8.89. The highest BCUT2D eigenvalue weighted by Crippen LogP contribution is 2.51. The van der Waals surface area contributed by atoms with Gasteiger partial charge >= 0.3 is 0 Å². The van der Waals surface area contributed by atoms with Crippen molar-refractivity contribution >= 4 is 17.8 Å². The van der Waals surface area contributed by atoms with Crippen molar-refractivity contribution in [2.24, 2.45) is 0 Å². The Morgan fingerprint density at radius 2 is 1.67 bits per heavy atom. The maximum Gasteiger partial charge on any atom is 0.231 e. The highest BCUT2D eigenvalue weighted by atomic mass is 16.5.